The predicted molar refractivity (Wildman–Crippen MR) is 159 cm³/mol. The molecule has 2 heteroatoms. The molecule has 0 unspecified atom stereocenters. The van der Waals surface area contributed by atoms with Crippen molar-refractivity contribution in [1.29, 1.82) is 0 Å². The third-order valence-corrected chi connectivity index (χ3v) is 7.05. The van der Waals surface area contributed by atoms with Gasteiger partial charge in [-0.15, -0.1) is 0 Å². The SMILES string of the molecule is c1ccc(-c2cccc(-c3ccc4ccc5ccc(-c6cccc(-c7ccccc7)c6)nc5c4n3)c2)cc1. The number of pyridine rings is 2. The van der Waals surface area contributed by atoms with Gasteiger partial charge in [0.05, 0.1) is 22.4 Å². The average Bonchev–Trinajstić information content (AvgIpc) is 3.01. The van der Waals surface area contributed by atoms with E-state index < -0.39 is 0 Å². The number of rotatable bonds is 4. The summed E-state index contributed by atoms with van der Waals surface area (Å²) in [4.78, 5) is 10.3. The molecule has 7 rings (SSSR count). The summed E-state index contributed by atoms with van der Waals surface area (Å²) >= 11 is 0. The van der Waals surface area contributed by atoms with Crippen LogP contribution in [0.2, 0.25) is 0 Å². The largest absolute Gasteiger partial charge is 0.245 e. The van der Waals surface area contributed by atoms with Gasteiger partial charge in [-0.05, 0) is 46.5 Å². The zero-order chi connectivity index (χ0) is 25.3. The van der Waals surface area contributed by atoms with Crippen LogP contribution in [0.5, 0.6) is 0 Å². The normalized spacial score (nSPS) is 11.2. The van der Waals surface area contributed by atoms with Gasteiger partial charge in [-0.1, -0.05) is 121 Å². The molecular formula is C36H24N2. The van der Waals surface area contributed by atoms with E-state index in [-0.39, 0.29) is 0 Å². The average molecular weight is 485 g/mol. The van der Waals surface area contributed by atoms with E-state index in [1.54, 1.807) is 0 Å². The second-order valence-electron chi connectivity index (χ2n) is 9.50. The highest BCUT2D eigenvalue weighted by molar-refractivity contribution is 6.04. The van der Waals surface area contributed by atoms with E-state index in [1.165, 1.54) is 22.3 Å². The van der Waals surface area contributed by atoms with Crippen molar-refractivity contribution in [3.8, 4) is 44.8 Å². The minimum absolute atomic E-state index is 0.922. The fourth-order valence-electron chi connectivity index (χ4n) is 5.07. The zero-order valence-electron chi connectivity index (χ0n) is 20.8. The predicted octanol–water partition coefficient (Wildman–Crippen LogP) is 9.45. The summed E-state index contributed by atoms with van der Waals surface area (Å²) in [5.74, 6) is 0. The van der Waals surface area contributed by atoms with Crippen molar-refractivity contribution in [2.24, 2.45) is 0 Å². The molecule has 0 saturated heterocycles. The van der Waals surface area contributed by atoms with Crippen LogP contribution in [0, 0.1) is 0 Å². The lowest BCUT2D eigenvalue weighted by atomic mass is 10.0. The van der Waals surface area contributed by atoms with E-state index in [0.29, 0.717) is 0 Å². The van der Waals surface area contributed by atoms with E-state index >= 15 is 0 Å². The molecule has 0 saturated carbocycles. The van der Waals surface area contributed by atoms with E-state index in [2.05, 4.69) is 133 Å². The van der Waals surface area contributed by atoms with Gasteiger partial charge < -0.3 is 0 Å². The molecule has 0 aliphatic rings. The van der Waals surface area contributed by atoms with Gasteiger partial charge in [-0.3, -0.25) is 0 Å². The highest BCUT2D eigenvalue weighted by Gasteiger charge is 2.10. The van der Waals surface area contributed by atoms with Crippen molar-refractivity contribution < 1.29 is 0 Å². The minimum atomic E-state index is 0.922. The summed E-state index contributed by atoms with van der Waals surface area (Å²) in [5, 5.41) is 2.17. The monoisotopic (exact) mass is 484 g/mol. The van der Waals surface area contributed by atoms with Crippen LogP contribution in [-0.2, 0) is 0 Å². The summed E-state index contributed by atoms with van der Waals surface area (Å²) in [6, 6.07) is 50.8. The molecule has 0 radical (unpaired) electrons. The van der Waals surface area contributed by atoms with Crippen LogP contribution >= 0.6 is 0 Å². The Labute approximate surface area is 221 Å². The Balaban J connectivity index is 1.34. The third-order valence-electron chi connectivity index (χ3n) is 7.05. The van der Waals surface area contributed by atoms with Gasteiger partial charge in [0, 0.05) is 21.9 Å². The van der Waals surface area contributed by atoms with Gasteiger partial charge in [-0.25, -0.2) is 9.97 Å². The molecule has 178 valence electrons. The maximum absolute atomic E-state index is 5.15. The molecule has 2 aromatic heterocycles. The first-order chi connectivity index (χ1) is 18.8. The number of fused-ring (bicyclic) bond motifs is 3. The summed E-state index contributed by atoms with van der Waals surface area (Å²) in [5.41, 5.74) is 10.7. The van der Waals surface area contributed by atoms with Crippen LogP contribution in [0.25, 0.3) is 66.6 Å². The molecule has 0 atom stereocenters. The van der Waals surface area contributed by atoms with E-state index in [4.69, 9.17) is 9.97 Å². The molecular weight excluding hydrogens is 460 g/mol. The van der Waals surface area contributed by atoms with Gasteiger partial charge in [0.1, 0.15) is 0 Å². The summed E-state index contributed by atoms with van der Waals surface area (Å²) in [6.45, 7) is 0. The second kappa shape index (κ2) is 9.42. The molecule has 0 fully saturated rings. The van der Waals surface area contributed by atoms with Crippen LogP contribution in [0.4, 0.5) is 0 Å². The number of nitrogens with zero attached hydrogens (tertiary/aromatic N) is 2. The fourth-order valence-corrected chi connectivity index (χ4v) is 5.07. The van der Waals surface area contributed by atoms with Crippen LogP contribution in [0.15, 0.2) is 146 Å². The first kappa shape index (κ1) is 22.1. The van der Waals surface area contributed by atoms with E-state index in [9.17, 15) is 0 Å². The number of benzene rings is 5. The van der Waals surface area contributed by atoms with Crippen molar-refractivity contribution in [2.75, 3.05) is 0 Å². The molecule has 7 aromatic rings. The molecule has 2 nitrogen and oxygen atoms in total. The van der Waals surface area contributed by atoms with Crippen molar-refractivity contribution in [3.05, 3.63) is 146 Å². The van der Waals surface area contributed by atoms with Gasteiger partial charge in [-0.2, -0.15) is 0 Å². The maximum Gasteiger partial charge on any atom is 0.0972 e. The Morgan fingerprint density at radius 1 is 0.289 bits per heavy atom. The van der Waals surface area contributed by atoms with Gasteiger partial charge in [0.2, 0.25) is 0 Å². The first-order valence-corrected chi connectivity index (χ1v) is 12.8. The number of aromatic nitrogens is 2. The van der Waals surface area contributed by atoms with E-state index in [1.807, 2.05) is 12.1 Å². The minimum Gasteiger partial charge on any atom is -0.245 e. The Morgan fingerprint density at radius 3 is 1.11 bits per heavy atom. The Morgan fingerprint density at radius 2 is 0.658 bits per heavy atom. The second-order valence-corrected chi connectivity index (χ2v) is 9.50. The van der Waals surface area contributed by atoms with Gasteiger partial charge in [0.15, 0.2) is 0 Å². The van der Waals surface area contributed by atoms with Crippen LogP contribution in [0.3, 0.4) is 0 Å². The van der Waals surface area contributed by atoms with E-state index in [0.717, 1.165) is 44.3 Å². The van der Waals surface area contributed by atoms with Crippen LogP contribution in [-0.4, -0.2) is 9.97 Å². The van der Waals surface area contributed by atoms with Crippen molar-refractivity contribution >= 4 is 21.8 Å². The fraction of sp³-hybridized carbons (Fsp3) is 0. The molecule has 0 N–H and O–H groups in total. The Bertz CT molecular complexity index is 1770. The molecule has 0 aliphatic heterocycles. The Hall–Kier alpha value is -5.08. The molecule has 0 spiro atoms. The Kier molecular flexibility index (Phi) is 5.49. The molecule has 2 heterocycles. The van der Waals surface area contributed by atoms with Gasteiger partial charge >= 0.3 is 0 Å². The summed E-state index contributed by atoms with van der Waals surface area (Å²) in [6.07, 6.45) is 0. The molecule has 0 amide bonds. The first-order valence-electron chi connectivity index (χ1n) is 12.8. The smallest absolute Gasteiger partial charge is 0.0972 e. The quantitative estimate of drug-likeness (QED) is 0.233. The van der Waals surface area contributed by atoms with Crippen LogP contribution in [0.1, 0.15) is 0 Å². The highest BCUT2D eigenvalue weighted by atomic mass is 14.8. The number of hydrogen-bond donors (Lipinski definition) is 0. The molecule has 5 aromatic carbocycles. The highest BCUT2D eigenvalue weighted by Crippen LogP contribution is 2.31. The lowest BCUT2D eigenvalue weighted by Crippen LogP contribution is -1.91. The molecule has 38 heavy (non-hydrogen) atoms. The lowest BCUT2D eigenvalue weighted by Gasteiger charge is -2.10. The third kappa shape index (κ3) is 4.12. The standard InChI is InChI=1S/C36H24N2/c1-3-9-25(10-4-1)29-13-7-15-31(23-29)33-21-19-27-17-18-28-20-22-34(38-36(28)35(27)37-33)32-16-8-14-30(24-32)26-11-5-2-6-12-26/h1-24H. The zero-order valence-corrected chi connectivity index (χ0v) is 20.8. The van der Waals surface area contributed by atoms with Crippen LogP contribution < -0.4 is 0 Å². The molecule has 0 bridgehead atoms. The van der Waals surface area contributed by atoms with Crippen molar-refractivity contribution in [2.45, 2.75) is 0 Å². The molecule has 0 aliphatic carbocycles. The van der Waals surface area contributed by atoms with Gasteiger partial charge in [0.25, 0.3) is 0 Å². The van der Waals surface area contributed by atoms with Crippen molar-refractivity contribution in [3.63, 3.8) is 0 Å². The van der Waals surface area contributed by atoms with Crippen molar-refractivity contribution in [1.82, 2.24) is 9.97 Å². The summed E-state index contributed by atoms with van der Waals surface area (Å²) in [7, 11) is 0. The topological polar surface area (TPSA) is 25.8 Å². The summed E-state index contributed by atoms with van der Waals surface area (Å²) < 4.78 is 0. The lowest BCUT2D eigenvalue weighted by molar-refractivity contribution is 1.36. The maximum atomic E-state index is 5.15. The number of hydrogen-bond acceptors (Lipinski definition) is 2.